The van der Waals surface area contributed by atoms with Gasteiger partial charge in [-0.15, -0.1) is 0 Å². The third-order valence-electron chi connectivity index (χ3n) is 3.26. The summed E-state index contributed by atoms with van der Waals surface area (Å²) in [6.45, 7) is 0. The molecule has 5 nitrogen and oxygen atoms in total. The van der Waals surface area contributed by atoms with Crippen LogP contribution >= 0.6 is 0 Å². The first-order valence-electron chi connectivity index (χ1n) is 6.49. The summed E-state index contributed by atoms with van der Waals surface area (Å²) in [7, 11) is 5.90. The van der Waals surface area contributed by atoms with Crippen molar-refractivity contribution in [2.75, 3.05) is 31.4 Å². The Morgan fingerprint density at radius 3 is 2.40 bits per heavy atom. The third kappa shape index (κ3) is 2.18. The first-order chi connectivity index (χ1) is 9.67. The van der Waals surface area contributed by atoms with Gasteiger partial charge in [-0.1, -0.05) is 0 Å². The van der Waals surface area contributed by atoms with Crippen LogP contribution in [0.25, 0.3) is 22.6 Å². The molecule has 2 heterocycles. The average Bonchev–Trinajstić information content (AvgIpc) is 2.90. The molecule has 3 aromatic rings. The molecule has 0 aliphatic carbocycles. The molecule has 0 radical (unpaired) electrons. The van der Waals surface area contributed by atoms with Crippen molar-refractivity contribution in [3.8, 4) is 11.4 Å². The summed E-state index contributed by atoms with van der Waals surface area (Å²) in [4.78, 5) is 14.3. The van der Waals surface area contributed by atoms with E-state index < -0.39 is 0 Å². The van der Waals surface area contributed by atoms with Gasteiger partial charge in [0.25, 0.3) is 0 Å². The number of aromatic nitrogens is 3. The molecule has 0 saturated carbocycles. The smallest absolute Gasteiger partial charge is 0.180 e. The van der Waals surface area contributed by atoms with E-state index in [0.717, 1.165) is 28.4 Å². The molecule has 2 aromatic heterocycles. The number of imidazole rings is 1. The van der Waals surface area contributed by atoms with Gasteiger partial charge in [0.2, 0.25) is 0 Å². The molecule has 0 saturated heterocycles. The van der Waals surface area contributed by atoms with Crippen molar-refractivity contribution in [1.29, 1.82) is 0 Å². The Labute approximate surface area is 117 Å². The van der Waals surface area contributed by atoms with Crippen molar-refractivity contribution < 1.29 is 0 Å². The monoisotopic (exact) mass is 267 g/mol. The quantitative estimate of drug-likeness (QED) is 0.766. The number of nitrogens with zero attached hydrogens (tertiary/aromatic N) is 3. The number of aromatic amines is 1. The summed E-state index contributed by atoms with van der Waals surface area (Å²) >= 11 is 0. The van der Waals surface area contributed by atoms with E-state index >= 15 is 0 Å². The van der Waals surface area contributed by atoms with Gasteiger partial charge in [0.1, 0.15) is 11.6 Å². The summed E-state index contributed by atoms with van der Waals surface area (Å²) in [5.74, 6) is 1.66. The predicted molar refractivity (Wildman–Crippen MR) is 83.2 cm³/mol. The maximum atomic E-state index is 4.55. The number of anilines is 2. The second-order valence-electron chi connectivity index (χ2n) is 4.84. The Hall–Kier alpha value is -2.56. The van der Waals surface area contributed by atoms with Gasteiger partial charge in [0.05, 0.1) is 5.52 Å². The summed E-state index contributed by atoms with van der Waals surface area (Å²) in [6, 6.07) is 12.2. The van der Waals surface area contributed by atoms with Crippen molar-refractivity contribution in [3.05, 3.63) is 36.4 Å². The fourth-order valence-electron chi connectivity index (χ4n) is 2.09. The number of pyridine rings is 1. The van der Waals surface area contributed by atoms with E-state index in [0.29, 0.717) is 0 Å². The van der Waals surface area contributed by atoms with E-state index in [9.17, 15) is 0 Å². The number of H-pyrrole nitrogens is 1. The first-order valence-corrected chi connectivity index (χ1v) is 6.49. The Bertz CT molecular complexity index is 728. The fourth-order valence-corrected chi connectivity index (χ4v) is 2.09. The molecule has 20 heavy (non-hydrogen) atoms. The topological polar surface area (TPSA) is 56.8 Å². The summed E-state index contributed by atoms with van der Waals surface area (Å²) in [5.41, 5.74) is 3.89. The second-order valence-corrected chi connectivity index (χ2v) is 4.84. The molecule has 5 heteroatoms. The highest BCUT2D eigenvalue weighted by atomic mass is 15.1. The van der Waals surface area contributed by atoms with E-state index in [2.05, 4.69) is 49.4 Å². The zero-order valence-electron chi connectivity index (χ0n) is 11.8. The van der Waals surface area contributed by atoms with Crippen molar-refractivity contribution in [2.24, 2.45) is 0 Å². The number of hydrogen-bond acceptors (Lipinski definition) is 4. The van der Waals surface area contributed by atoms with Crippen LogP contribution in [0.4, 0.5) is 11.5 Å². The molecule has 0 bridgehead atoms. The van der Waals surface area contributed by atoms with Crippen LogP contribution in [0.1, 0.15) is 0 Å². The lowest BCUT2D eigenvalue weighted by Crippen LogP contribution is -2.07. The lowest BCUT2D eigenvalue weighted by atomic mass is 10.2. The summed E-state index contributed by atoms with van der Waals surface area (Å²) in [6.07, 6.45) is 0. The van der Waals surface area contributed by atoms with E-state index in [1.54, 1.807) is 0 Å². The molecule has 1 aromatic carbocycles. The van der Waals surface area contributed by atoms with Gasteiger partial charge in [-0.2, -0.15) is 0 Å². The van der Waals surface area contributed by atoms with Crippen LogP contribution in [0.3, 0.4) is 0 Å². The van der Waals surface area contributed by atoms with E-state index in [4.69, 9.17) is 0 Å². The molecule has 0 amide bonds. The number of rotatable bonds is 3. The van der Waals surface area contributed by atoms with Crippen LogP contribution in [0, 0.1) is 0 Å². The highest BCUT2D eigenvalue weighted by Crippen LogP contribution is 2.22. The molecule has 0 atom stereocenters. The molecule has 2 N–H and O–H groups in total. The van der Waals surface area contributed by atoms with Crippen LogP contribution in [0.2, 0.25) is 0 Å². The first kappa shape index (κ1) is 12.5. The zero-order chi connectivity index (χ0) is 14.1. The third-order valence-corrected chi connectivity index (χ3v) is 3.26. The SMILES string of the molecule is CNc1ccc2[nH]c(-c3ccc(N(C)C)cc3)nc2n1. The molecule has 0 fully saturated rings. The Morgan fingerprint density at radius 1 is 1.00 bits per heavy atom. The van der Waals surface area contributed by atoms with Crippen LogP contribution in [-0.2, 0) is 0 Å². The lowest BCUT2D eigenvalue weighted by Gasteiger charge is -2.11. The Morgan fingerprint density at radius 2 is 1.75 bits per heavy atom. The molecule has 0 spiro atoms. The molecular formula is C15H17N5. The summed E-state index contributed by atoms with van der Waals surface area (Å²) < 4.78 is 0. The minimum absolute atomic E-state index is 0.725. The molecule has 0 aliphatic rings. The minimum atomic E-state index is 0.725. The average molecular weight is 267 g/mol. The van der Waals surface area contributed by atoms with Gasteiger partial charge in [-0.3, -0.25) is 0 Å². The highest BCUT2D eigenvalue weighted by molar-refractivity contribution is 5.77. The number of hydrogen-bond donors (Lipinski definition) is 2. The van der Waals surface area contributed by atoms with Gasteiger partial charge in [-0.25, -0.2) is 9.97 Å². The van der Waals surface area contributed by atoms with Crippen LogP contribution in [0.5, 0.6) is 0 Å². The van der Waals surface area contributed by atoms with Crippen LogP contribution < -0.4 is 10.2 Å². The number of nitrogens with one attached hydrogen (secondary N) is 2. The van der Waals surface area contributed by atoms with Crippen molar-refractivity contribution in [2.45, 2.75) is 0 Å². The van der Waals surface area contributed by atoms with E-state index in [1.807, 2.05) is 33.3 Å². The normalized spacial score (nSPS) is 10.8. The predicted octanol–water partition coefficient (Wildman–Crippen LogP) is 2.73. The largest absolute Gasteiger partial charge is 0.378 e. The number of fused-ring (bicyclic) bond motifs is 1. The molecule has 0 aliphatic heterocycles. The van der Waals surface area contributed by atoms with Crippen molar-refractivity contribution in [3.63, 3.8) is 0 Å². The standard InChI is InChI=1S/C15H17N5/c1-16-13-9-8-12-15(18-13)19-14(17-12)10-4-6-11(7-5-10)20(2)3/h4-9H,1-3H3,(H2,16,17,18,19). The minimum Gasteiger partial charge on any atom is -0.378 e. The fraction of sp³-hybridized carbons (Fsp3) is 0.200. The molecular weight excluding hydrogens is 250 g/mol. The maximum absolute atomic E-state index is 4.55. The Balaban J connectivity index is 2.01. The Kier molecular flexibility index (Phi) is 3.02. The van der Waals surface area contributed by atoms with Crippen LogP contribution in [-0.4, -0.2) is 36.1 Å². The van der Waals surface area contributed by atoms with Crippen molar-refractivity contribution in [1.82, 2.24) is 15.0 Å². The second kappa shape index (κ2) is 4.85. The molecule has 0 unspecified atom stereocenters. The molecule has 3 rings (SSSR count). The highest BCUT2D eigenvalue weighted by Gasteiger charge is 2.07. The summed E-state index contributed by atoms with van der Waals surface area (Å²) in [5, 5.41) is 3.02. The van der Waals surface area contributed by atoms with Crippen molar-refractivity contribution >= 4 is 22.7 Å². The maximum Gasteiger partial charge on any atom is 0.180 e. The van der Waals surface area contributed by atoms with Gasteiger partial charge < -0.3 is 15.2 Å². The van der Waals surface area contributed by atoms with Gasteiger partial charge in [0, 0.05) is 32.4 Å². The van der Waals surface area contributed by atoms with E-state index in [1.165, 1.54) is 5.69 Å². The number of benzene rings is 1. The van der Waals surface area contributed by atoms with Gasteiger partial charge in [0.15, 0.2) is 5.65 Å². The van der Waals surface area contributed by atoms with Crippen LogP contribution in [0.15, 0.2) is 36.4 Å². The van der Waals surface area contributed by atoms with Gasteiger partial charge in [-0.05, 0) is 36.4 Å². The molecule has 102 valence electrons. The van der Waals surface area contributed by atoms with E-state index in [-0.39, 0.29) is 0 Å². The van der Waals surface area contributed by atoms with Gasteiger partial charge >= 0.3 is 0 Å². The lowest BCUT2D eigenvalue weighted by molar-refractivity contribution is 1.13. The zero-order valence-corrected chi connectivity index (χ0v) is 11.8.